The first-order chi connectivity index (χ1) is 11.9. The molecule has 2 saturated heterocycles. The van der Waals surface area contributed by atoms with Crippen molar-refractivity contribution in [3.8, 4) is 0 Å². The van der Waals surface area contributed by atoms with Crippen LogP contribution in [-0.2, 0) is 14.8 Å². The first kappa shape index (κ1) is 21.2. The molecule has 0 saturated carbocycles. The normalized spacial score (nSPS) is 25.1. The van der Waals surface area contributed by atoms with E-state index in [9.17, 15) is 13.2 Å². The lowest BCUT2D eigenvalue weighted by molar-refractivity contribution is -0.135. The molecule has 2 aliphatic rings. The van der Waals surface area contributed by atoms with E-state index >= 15 is 0 Å². The Bertz CT molecular complexity index is 706. The van der Waals surface area contributed by atoms with Crippen molar-refractivity contribution in [3.05, 3.63) is 35.9 Å². The smallest absolute Gasteiger partial charge is 0.225 e. The number of rotatable bonds is 4. The van der Waals surface area contributed by atoms with Crippen LogP contribution < -0.4 is 5.73 Å². The van der Waals surface area contributed by atoms with Crippen LogP contribution in [0.25, 0.3) is 0 Å². The Kier molecular flexibility index (Phi) is 7.07. The quantitative estimate of drug-likeness (QED) is 0.823. The number of hydrogen-bond acceptors (Lipinski definition) is 4. The van der Waals surface area contributed by atoms with E-state index in [4.69, 9.17) is 5.73 Å². The maximum atomic E-state index is 12.9. The molecule has 8 heteroatoms. The van der Waals surface area contributed by atoms with Gasteiger partial charge in [-0.2, -0.15) is 0 Å². The SMILES string of the molecule is CS(=O)(=O)N1CCC(C(=O)N2C[C@@H](CN)[C@H](c3ccccc3)C2)CC1.Cl. The van der Waals surface area contributed by atoms with Crippen molar-refractivity contribution in [2.75, 3.05) is 39.0 Å². The summed E-state index contributed by atoms with van der Waals surface area (Å²) in [4.78, 5) is 14.9. The molecule has 3 rings (SSSR count). The summed E-state index contributed by atoms with van der Waals surface area (Å²) in [5.74, 6) is 0.643. The second kappa shape index (κ2) is 8.69. The fourth-order valence-electron chi connectivity index (χ4n) is 4.06. The van der Waals surface area contributed by atoms with Crippen molar-refractivity contribution in [2.24, 2.45) is 17.6 Å². The largest absolute Gasteiger partial charge is 0.341 e. The zero-order chi connectivity index (χ0) is 18.0. The first-order valence-corrected chi connectivity index (χ1v) is 10.7. The lowest BCUT2D eigenvalue weighted by Gasteiger charge is -2.31. The summed E-state index contributed by atoms with van der Waals surface area (Å²) in [6, 6.07) is 10.2. The van der Waals surface area contributed by atoms with Crippen LogP contribution in [0.1, 0.15) is 24.3 Å². The second-order valence-electron chi connectivity index (χ2n) is 7.19. The van der Waals surface area contributed by atoms with Gasteiger partial charge in [-0.25, -0.2) is 12.7 Å². The number of carbonyl (C=O) groups excluding carboxylic acids is 1. The summed E-state index contributed by atoms with van der Waals surface area (Å²) in [5.41, 5.74) is 7.19. The molecule has 1 aromatic rings. The van der Waals surface area contributed by atoms with Gasteiger partial charge >= 0.3 is 0 Å². The number of nitrogens with zero attached hydrogens (tertiary/aromatic N) is 2. The first-order valence-electron chi connectivity index (χ1n) is 8.89. The minimum Gasteiger partial charge on any atom is -0.341 e. The third kappa shape index (κ3) is 4.57. The minimum absolute atomic E-state index is 0. The van der Waals surface area contributed by atoms with Crippen LogP contribution in [0, 0.1) is 11.8 Å². The Morgan fingerprint density at radius 1 is 1.15 bits per heavy atom. The van der Waals surface area contributed by atoms with Crippen molar-refractivity contribution in [2.45, 2.75) is 18.8 Å². The van der Waals surface area contributed by atoms with Gasteiger partial charge in [0.05, 0.1) is 6.26 Å². The van der Waals surface area contributed by atoms with Crippen molar-refractivity contribution >= 4 is 28.3 Å². The van der Waals surface area contributed by atoms with Crippen LogP contribution in [0.3, 0.4) is 0 Å². The van der Waals surface area contributed by atoms with E-state index < -0.39 is 10.0 Å². The Morgan fingerprint density at radius 3 is 2.31 bits per heavy atom. The van der Waals surface area contributed by atoms with Crippen molar-refractivity contribution in [3.63, 3.8) is 0 Å². The molecule has 0 unspecified atom stereocenters. The highest BCUT2D eigenvalue weighted by Gasteiger charge is 2.38. The van der Waals surface area contributed by atoms with Gasteiger partial charge in [-0.05, 0) is 30.9 Å². The number of carbonyl (C=O) groups is 1. The van der Waals surface area contributed by atoms with Gasteiger partial charge in [0, 0.05) is 38.0 Å². The van der Waals surface area contributed by atoms with E-state index in [2.05, 4.69) is 12.1 Å². The molecular formula is C18H28ClN3O3S. The topological polar surface area (TPSA) is 83.7 Å². The van der Waals surface area contributed by atoms with Crippen molar-refractivity contribution in [1.29, 1.82) is 0 Å². The Morgan fingerprint density at radius 2 is 1.77 bits per heavy atom. The molecule has 2 heterocycles. The number of nitrogens with two attached hydrogens (primary N) is 1. The summed E-state index contributed by atoms with van der Waals surface area (Å²) in [7, 11) is -3.16. The molecule has 146 valence electrons. The van der Waals surface area contributed by atoms with Gasteiger partial charge in [0.15, 0.2) is 0 Å². The number of amides is 1. The third-order valence-electron chi connectivity index (χ3n) is 5.56. The Balaban J connectivity index is 0.00000243. The van der Waals surface area contributed by atoms with E-state index in [0.29, 0.717) is 45.6 Å². The van der Waals surface area contributed by atoms with Gasteiger partial charge < -0.3 is 10.6 Å². The third-order valence-corrected chi connectivity index (χ3v) is 6.86. The number of sulfonamides is 1. The molecule has 2 N–H and O–H groups in total. The van der Waals surface area contributed by atoms with E-state index in [0.717, 1.165) is 0 Å². The molecular weight excluding hydrogens is 374 g/mol. The van der Waals surface area contributed by atoms with Crippen LogP contribution in [0.2, 0.25) is 0 Å². The molecule has 0 bridgehead atoms. The second-order valence-corrected chi connectivity index (χ2v) is 9.17. The van der Waals surface area contributed by atoms with Crippen LogP contribution in [-0.4, -0.2) is 62.5 Å². The highest BCUT2D eigenvalue weighted by atomic mass is 35.5. The number of hydrogen-bond donors (Lipinski definition) is 1. The number of halogens is 1. The molecule has 0 aromatic heterocycles. The fraction of sp³-hybridized carbons (Fsp3) is 0.611. The molecule has 2 atom stereocenters. The monoisotopic (exact) mass is 401 g/mol. The average molecular weight is 402 g/mol. The van der Waals surface area contributed by atoms with Crippen LogP contribution >= 0.6 is 12.4 Å². The lowest BCUT2D eigenvalue weighted by atomic mass is 9.89. The maximum Gasteiger partial charge on any atom is 0.225 e. The van der Waals surface area contributed by atoms with Gasteiger partial charge in [-0.15, -0.1) is 12.4 Å². The standard InChI is InChI=1S/C18H27N3O3S.ClH/c1-25(23,24)21-9-7-15(8-10-21)18(22)20-12-16(11-19)17(13-20)14-5-3-2-4-6-14;/h2-6,15-17H,7-13,19H2,1H3;1H/t16-,17+;/m1./s1. The summed E-state index contributed by atoms with van der Waals surface area (Å²) in [6.45, 7) is 2.84. The van der Waals surface area contributed by atoms with Gasteiger partial charge in [0.25, 0.3) is 0 Å². The number of likely N-dealkylation sites (tertiary alicyclic amines) is 1. The zero-order valence-corrected chi connectivity index (χ0v) is 16.7. The molecule has 0 spiro atoms. The van der Waals surface area contributed by atoms with Gasteiger partial charge in [-0.3, -0.25) is 4.79 Å². The summed E-state index contributed by atoms with van der Waals surface area (Å²) in [5, 5.41) is 0. The highest BCUT2D eigenvalue weighted by Crippen LogP contribution is 2.34. The van der Waals surface area contributed by atoms with Gasteiger partial charge in [0.1, 0.15) is 0 Å². The Hall–Kier alpha value is -1.15. The van der Waals surface area contributed by atoms with Crippen LogP contribution in [0.15, 0.2) is 30.3 Å². The molecule has 2 aliphatic heterocycles. The highest BCUT2D eigenvalue weighted by molar-refractivity contribution is 7.88. The van der Waals surface area contributed by atoms with Gasteiger partial charge in [-0.1, -0.05) is 30.3 Å². The number of benzene rings is 1. The van der Waals surface area contributed by atoms with Crippen molar-refractivity contribution < 1.29 is 13.2 Å². The Labute approximate surface area is 162 Å². The average Bonchev–Trinajstić information content (AvgIpc) is 3.05. The molecule has 2 fully saturated rings. The fourth-order valence-corrected chi connectivity index (χ4v) is 4.93. The zero-order valence-electron chi connectivity index (χ0n) is 15.1. The predicted molar refractivity (Wildman–Crippen MR) is 105 cm³/mol. The van der Waals surface area contributed by atoms with Crippen LogP contribution in [0.4, 0.5) is 0 Å². The van der Waals surface area contributed by atoms with Crippen molar-refractivity contribution in [1.82, 2.24) is 9.21 Å². The maximum absolute atomic E-state index is 12.9. The van der Waals surface area contributed by atoms with Crippen LogP contribution in [0.5, 0.6) is 0 Å². The molecule has 1 aromatic carbocycles. The summed E-state index contributed by atoms with van der Waals surface area (Å²) in [6.07, 6.45) is 2.43. The van der Waals surface area contributed by atoms with E-state index in [1.807, 2.05) is 23.1 Å². The van der Waals surface area contributed by atoms with E-state index in [1.54, 1.807) is 0 Å². The number of piperidine rings is 1. The molecule has 6 nitrogen and oxygen atoms in total. The molecule has 0 aliphatic carbocycles. The predicted octanol–water partition coefficient (Wildman–Crippen LogP) is 1.28. The van der Waals surface area contributed by atoms with E-state index in [-0.39, 0.29) is 36.1 Å². The minimum atomic E-state index is -3.16. The lowest BCUT2D eigenvalue weighted by Crippen LogP contribution is -2.43. The molecule has 1 amide bonds. The van der Waals surface area contributed by atoms with E-state index in [1.165, 1.54) is 16.1 Å². The van der Waals surface area contributed by atoms with Gasteiger partial charge in [0.2, 0.25) is 15.9 Å². The summed E-state index contributed by atoms with van der Waals surface area (Å²) >= 11 is 0. The molecule has 0 radical (unpaired) electrons. The molecule has 26 heavy (non-hydrogen) atoms. The summed E-state index contributed by atoms with van der Waals surface area (Å²) < 4.78 is 24.7.